The van der Waals surface area contributed by atoms with E-state index in [4.69, 9.17) is 0 Å². The van der Waals surface area contributed by atoms with Gasteiger partial charge in [0.15, 0.2) is 0 Å². The van der Waals surface area contributed by atoms with Crippen LogP contribution in [0.3, 0.4) is 0 Å². The molecule has 82 valence electrons. The van der Waals surface area contributed by atoms with Crippen LogP contribution in [0.15, 0.2) is 0 Å². The second-order valence-electron chi connectivity index (χ2n) is 5.21. The monoisotopic (exact) mass is 197 g/mol. The molecule has 2 nitrogen and oxygen atoms in total. The smallest absolute Gasteiger partial charge is 0.228 e. The molecule has 0 bridgehead atoms. The zero-order chi connectivity index (χ0) is 10.8. The van der Waals surface area contributed by atoms with Gasteiger partial charge in [-0.3, -0.25) is 4.79 Å². The SMILES string of the molecule is CCC(C)(C)C(=O)N1CCC(C)CC1. The number of rotatable bonds is 2. The Morgan fingerprint density at radius 3 is 2.29 bits per heavy atom. The van der Waals surface area contributed by atoms with Gasteiger partial charge in [-0.05, 0) is 25.2 Å². The van der Waals surface area contributed by atoms with Crippen molar-refractivity contribution in [2.45, 2.75) is 47.0 Å². The molecule has 0 saturated carbocycles. The van der Waals surface area contributed by atoms with E-state index in [0.717, 1.165) is 25.4 Å². The number of carbonyl (C=O) groups excluding carboxylic acids is 1. The van der Waals surface area contributed by atoms with Crippen molar-refractivity contribution in [1.29, 1.82) is 0 Å². The average Bonchev–Trinajstić information content (AvgIpc) is 2.18. The first kappa shape index (κ1) is 11.5. The summed E-state index contributed by atoms with van der Waals surface area (Å²) < 4.78 is 0. The topological polar surface area (TPSA) is 20.3 Å². The summed E-state index contributed by atoms with van der Waals surface area (Å²) >= 11 is 0. The predicted octanol–water partition coefficient (Wildman–Crippen LogP) is 2.68. The van der Waals surface area contributed by atoms with Gasteiger partial charge >= 0.3 is 0 Å². The molecule has 14 heavy (non-hydrogen) atoms. The number of likely N-dealkylation sites (tertiary alicyclic amines) is 1. The van der Waals surface area contributed by atoms with Gasteiger partial charge in [0.05, 0.1) is 0 Å². The molecule has 0 aromatic rings. The molecule has 1 aliphatic heterocycles. The number of carbonyl (C=O) groups is 1. The van der Waals surface area contributed by atoms with Gasteiger partial charge in [0.25, 0.3) is 0 Å². The van der Waals surface area contributed by atoms with E-state index in [0.29, 0.717) is 5.91 Å². The fourth-order valence-corrected chi connectivity index (χ4v) is 1.79. The van der Waals surface area contributed by atoms with Gasteiger partial charge in [-0.1, -0.05) is 27.7 Å². The molecule has 0 atom stereocenters. The Morgan fingerprint density at radius 1 is 1.36 bits per heavy atom. The van der Waals surface area contributed by atoms with Crippen LogP contribution in [0.1, 0.15) is 47.0 Å². The van der Waals surface area contributed by atoms with Crippen molar-refractivity contribution in [2.75, 3.05) is 13.1 Å². The molecule has 0 unspecified atom stereocenters. The molecule has 2 heteroatoms. The van der Waals surface area contributed by atoms with Crippen molar-refractivity contribution in [3.8, 4) is 0 Å². The summed E-state index contributed by atoms with van der Waals surface area (Å²) in [5.41, 5.74) is -0.166. The number of nitrogens with zero attached hydrogens (tertiary/aromatic N) is 1. The second-order valence-corrected chi connectivity index (χ2v) is 5.21. The van der Waals surface area contributed by atoms with Crippen molar-refractivity contribution < 1.29 is 4.79 Å². The minimum absolute atomic E-state index is 0.166. The largest absolute Gasteiger partial charge is 0.342 e. The van der Waals surface area contributed by atoms with Gasteiger partial charge in [-0.25, -0.2) is 0 Å². The molecule has 1 fully saturated rings. The maximum absolute atomic E-state index is 12.1. The number of piperidine rings is 1. The molecule has 1 aliphatic rings. The molecule has 0 spiro atoms. The van der Waals surface area contributed by atoms with E-state index in [1.807, 2.05) is 18.7 Å². The quantitative estimate of drug-likeness (QED) is 0.666. The van der Waals surface area contributed by atoms with Crippen LogP contribution in [-0.4, -0.2) is 23.9 Å². The lowest BCUT2D eigenvalue weighted by molar-refractivity contribution is -0.141. The summed E-state index contributed by atoms with van der Waals surface area (Å²) in [6.45, 7) is 10.4. The van der Waals surface area contributed by atoms with E-state index in [1.54, 1.807) is 0 Å². The van der Waals surface area contributed by atoms with Crippen LogP contribution in [0.5, 0.6) is 0 Å². The maximum Gasteiger partial charge on any atom is 0.228 e. The van der Waals surface area contributed by atoms with Gasteiger partial charge in [-0.2, -0.15) is 0 Å². The summed E-state index contributed by atoms with van der Waals surface area (Å²) in [7, 11) is 0. The molecule has 0 aromatic carbocycles. The molecular weight excluding hydrogens is 174 g/mol. The molecule has 0 radical (unpaired) electrons. The highest BCUT2D eigenvalue weighted by Gasteiger charge is 2.31. The molecule has 1 rings (SSSR count). The molecule has 0 aromatic heterocycles. The highest BCUT2D eigenvalue weighted by Crippen LogP contribution is 2.26. The number of amides is 1. The van der Waals surface area contributed by atoms with Gasteiger partial charge in [-0.15, -0.1) is 0 Å². The first-order valence-corrected chi connectivity index (χ1v) is 5.76. The van der Waals surface area contributed by atoms with Crippen molar-refractivity contribution in [3.05, 3.63) is 0 Å². The van der Waals surface area contributed by atoms with Gasteiger partial charge in [0.1, 0.15) is 0 Å². The van der Waals surface area contributed by atoms with E-state index in [1.165, 1.54) is 12.8 Å². The molecular formula is C12H23NO. The molecule has 1 saturated heterocycles. The van der Waals surface area contributed by atoms with Crippen LogP contribution in [0.2, 0.25) is 0 Å². The highest BCUT2D eigenvalue weighted by atomic mass is 16.2. The van der Waals surface area contributed by atoms with E-state index in [9.17, 15) is 4.79 Å². The Balaban J connectivity index is 2.54. The lowest BCUT2D eigenvalue weighted by atomic mass is 9.87. The third-order valence-electron chi connectivity index (χ3n) is 3.53. The standard InChI is InChI=1S/C12H23NO/c1-5-12(3,4)11(14)13-8-6-10(2)7-9-13/h10H,5-9H2,1-4H3. The Bertz CT molecular complexity index is 202. The van der Waals surface area contributed by atoms with Crippen LogP contribution < -0.4 is 0 Å². The summed E-state index contributed by atoms with van der Waals surface area (Å²) in [6, 6.07) is 0. The van der Waals surface area contributed by atoms with Crippen molar-refractivity contribution >= 4 is 5.91 Å². The van der Waals surface area contributed by atoms with E-state index in [-0.39, 0.29) is 5.41 Å². The third kappa shape index (κ3) is 2.49. The van der Waals surface area contributed by atoms with Crippen molar-refractivity contribution in [2.24, 2.45) is 11.3 Å². The Morgan fingerprint density at radius 2 is 1.86 bits per heavy atom. The summed E-state index contributed by atoms with van der Waals surface area (Å²) in [5.74, 6) is 1.13. The zero-order valence-electron chi connectivity index (χ0n) is 9.97. The van der Waals surface area contributed by atoms with Gasteiger partial charge in [0, 0.05) is 18.5 Å². The Hall–Kier alpha value is -0.530. The van der Waals surface area contributed by atoms with Crippen LogP contribution in [-0.2, 0) is 4.79 Å². The first-order valence-electron chi connectivity index (χ1n) is 5.76. The maximum atomic E-state index is 12.1. The Labute approximate surface area is 87.7 Å². The summed E-state index contributed by atoms with van der Waals surface area (Å²) in [4.78, 5) is 14.1. The van der Waals surface area contributed by atoms with Crippen LogP contribution in [0.25, 0.3) is 0 Å². The molecule has 0 N–H and O–H groups in total. The summed E-state index contributed by atoms with van der Waals surface area (Å²) in [6.07, 6.45) is 3.27. The van der Waals surface area contributed by atoms with Crippen LogP contribution in [0, 0.1) is 11.3 Å². The second kappa shape index (κ2) is 4.33. The zero-order valence-corrected chi connectivity index (χ0v) is 9.97. The highest BCUT2D eigenvalue weighted by molar-refractivity contribution is 5.81. The number of hydrogen-bond acceptors (Lipinski definition) is 1. The number of hydrogen-bond donors (Lipinski definition) is 0. The summed E-state index contributed by atoms with van der Waals surface area (Å²) in [5, 5.41) is 0. The lowest BCUT2D eigenvalue weighted by Crippen LogP contribution is -2.44. The van der Waals surface area contributed by atoms with Crippen LogP contribution in [0.4, 0.5) is 0 Å². The van der Waals surface area contributed by atoms with E-state index in [2.05, 4.69) is 13.8 Å². The minimum Gasteiger partial charge on any atom is -0.342 e. The molecule has 1 heterocycles. The van der Waals surface area contributed by atoms with Gasteiger partial charge in [0.2, 0.25) is 5.91 Å². The Kier molecular flexibility index (Phi) is 3.57. The van der Waals surface area contributed by atoms with Crippen LogP contribution >= 0.6 is 0 Å². The molecule has 1 amide bonds. The van der Waals surface area contributed by atoms with E-state index < -0.39 is 0 Å². The van der Waals surface area contributed by atoms with Crippen molar-refractivity contribution in [1.82, 2.24) is 4.90 Å². The fourth-order valence-electron chi connectivity index (χ4n) is 1.79. The van der Waals surface area contributed by atoms with Gasteiger partial charge < -0.3 is 4.90 Å². The fraction of sp³-hybridized carbons (Fsp3) is 0.917. The minimum atomic E-state index is -0.166. The first-order chi connectivity index (χ1) is 6.47. The average molecular weight is 197 g/mol. The van der Waals surface area contributed by atoms with Crippen molar-refractivity contribution in [3.63, 3.8) is 0 Å². The predicted molar refractivity (Wildman–Crippen MR) is 59.1 cm³/mol. The molecule has 0 aliphatic carbocycles. The lowest BCUT2D eigenvalue weighted by Gasteiger charge is -2.35. The van der Waals surface area contributed by atoms with E-state index >= 15 is 0 Å². The third-order valence-corrected chi connectivity index (χ3v) is 3.53. The normalized spacial score (nSPS) is 19.9.